The largest absolute Gasteiger partial charge is 0.344 e. The fraction of sp³-hybridized carbons (Fsp3) is 0.600. The van der Waals surface area contributed by atoms with Crippen LogP contribution in [-0.4, -0.2) is 36.3 Å². The Kier molecular flexibility index (Phi) is 6.71. The summed E-state index contributed by atoms with van der Waals surface area (Å²) in [6, 6.07) is 3.13. The zero-order valence-electron chi connectivity index (χ0n) is 12.7. The number of hydrogen-bond acceptors (Lipinski definition) is 3. The van der Waals surface area contributed by atoms with E-state index in [4.69, 9.17) is 0 Å². The molecule has 5 heteroatoms. The van der Waals surface area contributed by atoms with E-state index in [1.165, 1.54) is 11.3 Å². The lowest BCUT2D eigenvalue weighted by Gasteiger charge is -2.26. The van der Waals surface area contributed by atoms with E-state index >= 15 is 0 Å². The summed E-state index contributed by atoms with van der Waals surface area (Å²) in [4.78, 5) is 26.9. The molecule has 1 aromatic rings. The molecule has 0 aliphatic carbocycles. The normalized spacial score (nSPS) is 12.2. The predicted molar refractivity (Wildman–Crippen MR) is 83.0 cm³/mol. The van der Waals surface area contributed by atoms with Crippen LogP contribution in [0.5, 0.6) is 0 Å². The maximum absolute atomic E-state index is 12.4. The third kappa shape index (κ3) is 4.63. The van der Waals surface area contributed by atoms with Gasteiger partial charge in [-0.15, -0.1) is 11.3 Å². The van der Waals surface area contributed by atoms with Gasteiger partial charge < -0.3 is 10.2 Å². The molecule has 1 atom stereocenters. The second-order valence-electron chi connectivity index (χ2n) is 5.29. The number of nitrogens with one attached hydrogen (secondary N) is 1. The monoisotopic (exact) mass is 296 g/mol. The molecule has 0 spiro atoms. The van der Waals surface area contributed by atoms with E-state index < -0.39 is 6.04 Å². The number of amides is 2. The minimum atomic E-state index is -0.466. The first-order chi connectivity index (χ1) is 9.47. The van der Waals surface area contributed by atoms with E-state index in [1.54, 1.807) is 18.0 Å². The quantitative estimate of drug-likeness (QED) is 0.841. The summed E-state index contributed by atoms with van der Waals surface area (Å²) >= 11 is 1.38. The molecule has 112 valence electrons. The highest BCUT2D eigenvalue weighted by Gasteiger charge is 2.27. The van der Waals surface area contributed by atoms with Crippen LogP contribution in [0.4, 0.5) is 0 Å². The molecule has 0 bridgehead atoms. The van der Waals surface area contributed by atoms with Crippen LogP contribution in [0.1, 0.15) is 43.3 Å². The van der Waals surface area contributed by atoms with Crippen molar-refractivity contribution in [3.05, 3.63) is 22.4 Å². The maximum Gasteiger partial charge on any atom is 0.262 e. The standard InChI is InChI=1S/C15H24N2O2S/c1-5-6-9-17(4)15(19)13(11(2)3)16-14(18)12-8-7-10-20-12/h7-8,10-11,13H,5-6,9H2,1-4H3,(H,16,18). The summed E-state index contributed by atoms with van der Waals surface area (Å²) in [6.45, 7) is 6.72. The van der Waals surface area contributed by atoms with Gasteiger partial charge in [-0.3, -0.25) is 9.59 Å². The molecular formula is C15H24N2O2S. The lowest BCUT2D eigenvalue weighted by molar-refractivity contribution is -0.133. The van der Waals surface area contributed by atoms with Gasteiger partial charge in [0, 0.05) is 13.6 Å². The minimum Gasteiger partial charge on any atom is -0.344 e. The second kappa shape index (κ2) is 8.04. The Morgan fingerprint density at radius 1 is 1.40 bits per heavy atom. The molecule has 2 amide bonds. The average molecular weight is 296 g/mol. The van der Waals surface area contributed by atoms with E-state index in [0.29, 0.717) is 4.88 Å². The van der Waals surface area contributed by atoms with Crippen molar-refractivity contribution in [3.8, 4) is 0 Å². The molecule has 1 aromatic heterocycles. The zero-order valence-corrected chi connectivity index (χ0v) is 13.5. The zero-order chi connectivity index (χ0) is 15.1. The molecule has 0 aliphatic heterocycles. The van der Waals surface area contributed by atoms with Gasteiger partial charge in [0.1, 0.15) is 6.04 Å². The van der Waals surface area contributed by atoms with E-state index in [0.717, 1.165) is 19.4 Å². The Morgan fingerprint density at radius 2 is 2.10 bits per heavy atom. The van der Waals surface area contributed by atoms with Crippen LogP contribution in [0.15, 0.2) is 17.5 Å². The van der Waals surface area contributed by atoms with Crippen LogP contribution in [-0.2, 0) is 4.79 Å². The van der Waals surface area contributed by atoms with Gasteiger partial charge in [0.05, 0.1) is 4.88 Å². The third-order valence-electron chi connectivity index (χ3n) is 3.19. The first-order valence-corrected chi connectivity index (χ1v) is 7.94. The molecule has 4 nitrogen and oxygen atoms in total. The van der Waals surface area contributed by atoms with Gasteiger partial charge in [0.15, 0.2) is 0 Å². The molecule has 0 saturated carbocycles. The summed E-state index contributed by atoms with van der Waals surface area (Å²) in [5.41, 5.74) is 0. The molecule has 1 heterocycles. The Morgan fingerprint density at radius 3 is 2.60 bits per heavy atom. The molecule has 0 radical (unpaired) electrons. The molecule has 1 N–H and O–H groups in total. The molecule has 0 fully saturated rings. The van der Waals surface area contributed by atoms with Crippen LogP contribution in [0.2, 0.25) is 0 Å². The summed E-state index contributed by atoms with van der Waals surface area (Å²) in [5, 5.41) is 4.71. The molecule has 1 unspecified atom stereocenters. The molecule has 1 rings (SSSR count). The number of unbranched alkanes of at least 4 members (excludes halogenated alkanes) is 1. The molecular weight excluding hydrogens is 272 g/mol. The van der Waals surface area contributed by atoms with E-state index in [1.807, 2.05) is 25.3 Å². The van der Waals surface area contributed by atoms with Crippen LogP contribution >= 0.6 is 11.3 Å². The van der Waals surface area contributed by atoms with Crippen LogP contribution in [0, 0.1) is 5.92 Å². The van der Waals surface area contributed by atoms with Gasteiger partial charge in [-0.05, 0) is 23.8 Å². The number of carbonyl (C=O) groups excluding carboxylic acids is 2. The minimum absolute atomic E-state index is 0.0154. The topological polar surface area (TPSA) is 49.4 Å². The van der Waals surface area contributed by atoms with E-state index in [-0.39, 0.29) is 17.7 Å². The van der Waals surface area contributed by atoms with Crippen LogP contribution in [0.3, 0.4) is 0 Å². The lowest BCUT2D eigenvalue weighted by Crippen LogP contribution is -2.50. The van der Waals surface area contributed by atoms with Crippen molar-refractivity contribution in [2.24, 2.45) is 5.92 Å². The van der Waals surface area contributed by atoms with Crippen molar-refractivity contribution in [3.63, 3.8) is 0 Å². The highest BCUT2D eigenvalue weighted by Crippen LogP contribution is 2.11. The number of carbonyl (C=O) groups is 2. The fourth-order valence-corrected chi connectivity index (χ4v) is 2.50. The number of nitrogens with zero attached hydrogens (tertiary/aromatic N) is 1. The highest BCUT2D eigenvalue weighted by molar-refractivity contribution is 7.12. The Balaban J connectivity index is 2.69. The SMILES string of the molecule is CCCCN(C)C(=O)C(NC(=O)c1cccs1)C(C)C. The summed E-state index contributed by atoms with van der Waals surface area (Å²) < 4.78 is 0. The first kappa shape index (κ1) is 16.7. The van der Waals surface area contributed by atoms with Crippen molar-refractivity contribution < 1.29 is 9.59 Å². The summed E-state index contributed by atoms with van der Waals surface area (Å²) in [6.07, 6.45) is 2.03. The Labute approximate surface area is 125 Å². The van der Waals surface area contributed by atoms with Crippen LogP contribution < -0.4 is 5.32 Å². The second-order valence-corrected chi connectivity index (χ2v) is 6.23. The number of thiophene rings is 1. The number of rotatable bonds is 7. The van der Waals surface area contributed by atoms with Crippen LogP contribution in [0.25, 0.3) is 0 Å². The van der Waals surface area contributed by atoms with Crippen molar-refractivity contribution in [1.29, 1.82) is 0 Å². The smallest absolute Gasteiger partial charge is 0.262 e. The number of likely N-dealkylation sites (N-methyl/N-ethyl adjacent to an activating group) is 1. The Bertz CT molecular complexity index is 429. The van der Waals surface area contributed by atoms with Crippen molar-refractivity contribution >= 4 is 23.2 Å². The van der Waals surface area contributed by atoms with Gasteiger partial charge in [0.2, 0.25) is 5.91 Å². The van der Waals surface area contributed by atoms with E-state index in [9.17, 15) is 9.59 Å². The molecule has 20 heavy (non-hydrogen) atoms. The van der Waals surface area contributed by atoms with Gasteiger partial charge in [-0.25, -0.2) is 0 Å². The average Bonchev–Trinajstić information content (AvgIpc) is 2.94. The summed E-state index contributed by atoms with van der Waals surface area (Å²) in [5.74, 6) is -0.121. The predicted octanol–water partition coefficient (Wildman–Crippen LogP) is 2.76. The summed E-state index contributed by atoms with van der Waals surface area (Å²) in [7, 11) is 1.80. The van der Waals surface area contributed by atoms with Gasteiger partial charge in [-0.1, -0.05) is 33.3 Å². The van der Waals surface area contributed by atoms with E-state index in [2.05, 4.69) is 12.2 Å². The maximum atomic E-state index is 12.4. The van der Waals surface area contributed by atoms with Crippen molar-refractivity contribution in [2.45, 2.75) is 39.7 Å². The third-order valence-corrected chi connectivity index (χ3v) is 4.06. The van der Waals surface area contributed by atoms with Crippen molar-refractivity contribution in [2.75, 3.05) is 13.6 Å². The fourth-order valence-electron chi connectivity index (χ4n) is 1.88. The Hall–Kier alpha value is -1.36. The highest BCUT2D eigenvalue weighted by atomic mass is 32.1. The van der Waals surface area contributed by atoms with Gasteiger partial charge in [-0.2, -0.15) is 0 Å². The van der Waals surface area contributed by atoms with Gasteiger partial charge in [0.25, 0.3) is 5.91 Å². The first-order valence-electron chi connectivity index (χ1n) is 7.06. The molecule has 0 aromatic carbocycles. The number of hydrogen-bond donors (Lipinski definition) is 1. The van der Waals surface area contributed by atoms with Gasteiger partial charge >= 0.3 is 0 Å². The molecule has 0 aliphatic rings. The lowest BCUT2D eigenvalue weighted by atomic mass is 10.0. The van der Waals surface area contributed by atoms with Crippen molar-refractivity contribution in [1.82, 2.24) is 10.2 Å². The molecule has 0 saturated heterocycles.